The summed E-state index contributed by atoms with van der Waals surface area (Å²) in [5.41, 5.74) is 6.29. The van der Waals surface area contributed by atoms with Crippen LogP contribution in [0.25, 0.3) is 30.3 Å². The summed E-state index contributed by atoms with van der Waals surface area (Å²) in [7, 11) is -6.33. The first-order chi connectivity index (χ1) is 41.7. The molecule has 6 heterocycles. The van der Waals surface area contributed by atoms with Crippen LogP contribution in [-0.2, 0) is 30.1 Å². The van der Waals surface area contributed by atoms with Crippen molar-refractivity contribution >= 4 is 163 Å². The smallest absolute Gasteiger partial charge is 0.271 e. The van der Waals surface area contributed by atoms with Crippen molar-refractivity contribution in [2.45, 2.75) is 33.4 Å². The van der Waals surface area contributed by atoms with Crippen molar-refractivity contribution in [3.05, 3.63) is 141 Å². The number of piperazine rings is 3. The van der Waals surface area contributed by atoms with Gasteiger partial charge in [-0.2, -0.15) is 0 Å². The molecule has 0 radical (unpaired) electrons. The summed E-state index contributed by atoms with van der Waals surface area (Å²) < 4.78 is 107. The fourth-order valence-corrected chi connectivity index (χ4v) is 19.5. The fourth-order valence-electron chi connectivity index (χ4n) is 10.6. The van der Waals surface area contributed by atoms with Crippen LogP contribution in [0.5, 0.6) is 17.2 Å². The third-order valence-electron chi connectivity index (χ3n) is 15.0. The van der Waals surface area contributed by atoms with E-state index in [1.165, 1.54) is 34.0 Å². The van der Waals surface area contributed by atoms with Gasteiger partial charge in [0.15, 0.2) is 0 Å². The Hall–Kier alpha value is -6.00. The summed E-state index contributed by atoms with van der Waals surface area (Å²) in [5, 5.41) is 14.3. The normalized spacial score (nSPS) is 14.9. The van der Waals surface area contributed by atoms with E-state index in [-0.39, 0.29) is 0 Å². The van der Waals surface area contributed by atoms with Crippen LogP contribution in [0.1, 0.15) is 16.7 Å². The third-order valence-corrected chi connectivity index (χ3v) is 25.5. The lowest BCUT2D eigenvalue weighted by molar-refractivity contribution is 0.413. The Kier molecular flexibility index (Phi) is 20.2. The highest BCUT2D eigenvalue weighted by atomic mass is 35.5. The van der Waals surface area contributed by atoms with Crippen LogP contribution in [0.15, 0.2) is 122 Å². The molecule has 462 valence electrons. The summed E-state index contributed by atoms with van der Waals surface area (Å²) in [6, 6.07) is 32.3. The van der Waals surface area contributed by atoms with Crippen molar-refractivity contribution < 1.29 is 39.5 Å². The van der Waals surface area contributed by atoms with Crippen LogP contribution >= 0.6 is 68.8 Å². The molecule has 0 spiro atoms. The summed E-state index contributed by atoms with van der Waals surface area (Å²) in [6.07, 6.45) is 0. The van der Waals surface area contributed by atoms with E-state index in [0.29, 0.717) is 61.4 Å². The van der Waals surface area contributed by atoms with Crippen LogP contribution < -0.4 is 59.0 Å². The molecule has 0 atom stereocenters. The monoisotopic (exact) mass is 1350 g/mol. The molecule has 3 aromatic heterocycles. The van der Waals surface area contributed by atoms with Gasteiger partial charge in [-0.05, 0) is 163 Å². The van der Waals surface area contributed by atoms with Gasteiger partial charge < -0.3 is 44.9 Å². The van der Waals surface area contributed by atoms with Gasteiger partial charge in [-0.25, -0.2) is 25.3 Å². The Bertz CT molecular complexity index is 3900. The van der Waals surface area contributed by atoms with Crippen LogP contribution in [0.3, 0.4) is 0 Å². The van der Waals surface area contributed by atoms with E-state index < -0.39 is 30.1 Å². The first-order valence-corrected chi connectivity index (χ1v) is 35.8. The van der Waals surface area contributed by atoms with E-state index >= 15 is 0 Å². The number of ether oxygens (including phenoxy) is 3. The molecule has 0 amide bonds. The number of aryl methyl sites for hydroxylation is 3. The summed E-state index contributed by atoms with van der Waals surface area (Å²) in [6.45, 7) is 15.7. The number of methoxy groups -OCH3 is 3. The van der Waals surface area contributed by atoms with E-state index in [9.17, 15) is 25.3 Å². The molecule has 6 aromatic carbocycles. The SMILES string of the molecule is COc1ccc(NS(=O)(=O)c2sc3ccc(Cl)cc3c2C)cc1N1CCNCC1.COc1ccc(NS(=O)(=O)c2sc3ccc(Cl)cc3c2C)cc1N1CCNCC1.COc1ccc(NS(=O)(=O)c2sc3ccc(Cl)cc3c2C)cc1N1CCNCC1. The highest BCUT2D eigenvalue weighted by Crippen LogP contribution is 2.42. The molecule has 9 aromatic rings. The number of hydrogen-bond acceptors (Lipinski definition) is 18. The Balaban J connectivity index is 0.000000144. The maximum absolute atomic E-state index is 13.1. The molecule has 3 aliphatic rings. The Morgan fingerprint density at radius 1 is 0.391 bits per heavy atom. The van der Waals surface area contributed by atoms with Gasteiger partial charge in [0.05, 0.1) is 55.5 Å². The predicted octanol–water partition coefficient (Wildman–Crippen LogP) is 12.2. The number of anilines is 6. The Morgan fingerprint density at radius 2 is 0.644 bits per heavy atom. The lowest BCUT2D eigenvalue weighted by Gasteiger charge is -2.31. The number of rotatable bonds is 15. The maximum atomic E-state index is 13.1. The lowest BCUT2D eigenvalue weighted by atomic mass is 10.2. The number of nitrogens with one attached hydrogen (secondary N) is 6. The molecular weight excluding hydrogens is 1290 g/mol. The minimum Gasteiger partial charge on any atom is -0.495 e. The van der Waals surface area contributed by atoms with Crippen molar-refractivity contribution in [1.29, 1.82) is 0 Å². The average Bonchev–Trinajstić information content (AvgIpc) is 2.26. The Morgan fingerprint density at radius 3 is 0.885 bits per heavy atom. The number of halogens is 3. The molecule has 27 heteroatoms. The molecular formula is C60H66Cl3N9O9S6. The number of sulfonamides is 3. The van der Waals surface area contributed by atoms with E-state index in [1.807, 2.05) is 57.2 Å². The molecule has 0 saturated carbocycles. The summed E-state index contributed by atoms with van der Waals surface area (Å²) in [4.78, 5) is 6.58. The van der Waals surface area contributed by atoms with Crippen molar-refractivity contribution in [2.24, 2.45) is 0 Å². The van der Waals surface area contributed by atoms with E-state index in [2.05, 4.69) is 44.8 Å². The molecule has 3 fully saturated rings. The largest absolute Gasteiger partial charge is 0.495 e. The highest BCUT2D eigenvalue weighted by Gasteiger charge is 2.27. The first kappa shape index (κ1) is 64.0. The average molecular weight is 1360 g/mol. The zero-order valence-corrected chi connectivity index (χ0v) is 55.6. The Labute approximate surface area is 534 Å². The number of hydrogen-bond donors (Lipinski definition) is 6. The van der Waals surface area contributed by atoms with Gasteiger partial charge in [0.1, 0.15) is 29.9 Å². The lowest BCUT2D eigenvalue weighted by Crippen LogP contribution is -2.43. The van der Waals surface area contributed by atoms with E-state index in [1.54, 1.807) is 94.1 Å². The van der Waals surface area contributed by atoms with Crippen molar-refractivity contribution in [3.8, 4) is 17.2 Å². The molecule has 6 N–H and O–H groups in total. The third kappa shape index (κ3) is 14.5. The number of nitrogens with zero attached hydrogens (tertiary/aromatic N) is 3. The van der Waals surface area contributed by atoms with E-state index in [4.69, 9.17) is 49.0 Å². The molecule has 0 aliphatic carbocycles. The van der Waals surface area contributed by atoms with Gasteiger partial charge >= 0.3 is 0 Å². The quantitative estimate of drug-likeness (QED) is 0.0564. The number of fused-ring (bicyclic) bond motifs is 3. The predicted molar refractivity (Wildman–Crippen MR) is 361 cm³/mol. The highest BCUT2D eigenvalue weighted by molar-refractivity contribution is 7.95. The van der Waals surface area contributed by atoms with Gasteiger partial charge in [-0.15, -0.1) is 34.0 Å². The van der Waals surface area contributed by atoms with Crippen molar-refractivity contribution in [1.82, 2.24) is 16.0 Å². The molecule has 0 bridgehead atoms. The second kappa shape index (κ2) is 27.4. The molecule has 87 heavy (non-hydrogen) atoms. The minimum atomic E-state index is -3.73. The minimum absolute atomic E-state index is 0.300. The maximum Gasteiger partial charge on any atom is 0.271 e. The van der Waals surface area contributed by atoms with Gasteiger partial charge in [-0.1, -0.05) is 34.8 Å². The van der Waals surface area contributed by atoms with Crippen LogP contribution in [0, 0.1) is 20.8 Å². The fraction of sp³-hybridized carbons (Fsp3) is 0.300. The molecule has 18 nitrogen and oxygen atoms in total. The van der Waals surface area contributed by atoms with E-state index in [0.717, 1.165) is 143 Å². The van der Waals surface area contributed by atoms with Gasteiger partial charge in [0, 0.05) is 108 Å². The number of benzene rings is 6. The van der Waals surface area contributed by atoms with Crippen molar-refractivity contribution in [3.63, 3.8) is 0 Å². The second-order valence-electron chi connectivity index (χ2n) is 20.7. The zero-order chi connectivity index (χ0) is 61.8. The van der Waals surface area contributed by atoms with Crippen LogP contribution in [0.4, 0.5) is 34.1 Å². The number of thiophene rings is 3. The van der Waals surface area contributed by atoms with Gasteiger partial charge in [-0.3, -0.25) is 14.2 Å². The van der Waals surface area contributed by atoms with Crippen molar-refractivity contribution in [2.75, 3.05) is 129 Å². The summed E-state index contributed by atoms with van der Waals surface area (Å²) >= 11 is 22.0. The second-order valence-corrected chi connectivity index (χ2v) is 30.8. The zero-order valence-electron chi connectivity index (χ0n) is 48.5. The molecule has 3 aliphatic heterocycles. The van der Waals surface area contributed by atoms with Crippen LogP contribution in [0.2, 0.25) is 15.1 Å². The molecule has 12 rings (SSSR count). The first-order valence-electron chi connectivity index (χ1n) is 27.7. The molecule has 0 unspecified atom stereocenters. The van der Waals surface area contributed by atoms with Gasteiger partial charge in [0.25, 0.3) is 30.1 Å². The molecule has 3 saturated heterocycles. The topological polar surface area (TPSA) is 212 Å². The summed E-state index contributed by atoms with van der Waals surface area (Å²) in [5.74, 6) is 2.17. The van der Waals surface area contributed by atoms with Gasteiger partial charge in [0.2, 0.25) is 0 Å². The van der Waals surface area contributed by atoms with Crippen LogP contribution in [-0.4, -0.2) is 125 Å². The standard InChI is InChI=1S/3C20H22ClN3O3S2/c3*1-13-16-11-14(21)3-6-19(16)28-20(13)29(25,26)23-15-4-5-18(27-2)17(12-15)24-9-7-22-8-10-24/h3*3-6,11-12,22-23H,7-10H2,1-2H3.